The highest BCUT2D eigenvalue weighted by atomic mass is 16.5. The second-order valence-electron chi connectivity index (χ2n) is 13.6. The second-order valence-corrected chi connectivity index (χ2v) is 13.6. The SMILES string of the molecule is COC(=O)CCc1cccc(-c2ccc(O)c3c2C[C@]2(C)C[C@]4(C)C(C(C)C)C(=O)C(C(C)=O)C(=O)[C@]4(O)C(=O)C2C3=O)c1. The fourth-order valence-corrected chi connectivity index (χ4v) is 8.65. The van der Waals surface area contributed by atoms with E-state index in [1.54, 1.807) is 33.8 Å². The summed E-state index contributed by atoms with van der Waals surface area (Å²) in [5.41, 5.74) is -2.68. The van der Waals surface area contributed by atoms with Gasteiger partial charge in [-0.3, -0.25) is 28.8 Å². The van der Waals surface area contributed by atoms with Crippen LogP contribution in [0.15, 0.2) is 36.4 Å². The Hall–Kier alpha value is -3.98. The van der Waals surface area contributed by atoms with Crippen molar-refractivity contribution in [2.45, 2.75) is 65.9 Å². The van der Waals surface area contributed by atoms with E-state index in [9.17, 15) is 39.0 Å². The molecule has 0 heterocycles. The first-order valence-electron chi connectivity index (χ1n) is 14.9. The minimum atomic E-state index is -2.73. The average molecular weight is 603 g/mol. The second kappa shape index (κ2) is 10.6. The van der Waals surface area contributed by atoms with Crippen LogP contribution in [0.1, 0.15) is 68.9 Å². The number of hydrogen-bond donors (Lipinski definition) is 2. The number of methoxy groups -OCH3 is 1. The zero-order chi connectivity index (χ0) is 32.5. The minimum absolute atomic E-state index is 0.0166. The van der Waals surface area contributed by atoms with Gasteiger partial charge in [-0.15, -0.1) is 0 Å². The van der Waals surface area contributed by atoms with Crippen molar-refractivity contribution >= 4 is 34.9 Å². The number of rotatable bonds is 6. The van der Waals surface area contributed by atoms with Crippen LogP contribution in [0.2, 0.25) is 0 Å². The number of phenols is 1. The van der Waals surface area contributed by atoms with E-state index >= 15 is 0 Å². The number of ketones is 5. The summed E-state index contributed by atoms with van der Waals surface area (Å²) < 4.78 is 4.75. The van der Waals surface area contributed by atoms with E-state index in [1.165, 1.54) is 13.2 Å². The van der Waals surface area contributed by atoms with Crippen molar-refractivity contribution in [1.82, 2.24) is 0 Å². The third-order valence-corrected chi connectivity index (χ3v) is 10.3. The quantitative estimate of drug-likeness (QED) is 0.371. The first kappa shape index (κ1) is 31.4. The number of carbonyl (C=O) groups excluding carboxylic acids is 6. The van der Waals surface area contributed by atoms with Crippen LogP contribution in [-0.4, -0.2) is 57.8 Å². The molecule has 0 saturated heterocycles. The maximum Gasteiger partial charge on any atom is 0.305 e. The van der Waals surface area contributed by atoms with E-state index in [1.807, 2.05) is 24.3 Å². The average Bonchev–Trinajstić information content (AvgIpc) is 2.93. The Morgan fingerprint density at radius 3 is 2.34 bits per heavy atom. The van der Waals surface area contributed by atoms with Crippen LogP contribution in [0.4, 0.5) is 0 Å². The van der Waals surface area contributed by atoms with Crippen LogP contribution in [0.25, 0.3) is 11.1 Å². The smallest absolute Gasteiger partial charge is 0.305 e. The number of esters is 1. The lowest BCUT2D eigenvalue weighted by Gasteiger charge is -2.61. The number of benzene rings is 2. The summed E-state index contributed by atoms with van der Waals surface area (Å²) in [4.78, 5) is 80.5. The number of ether oxygens (including phenoxy) is 1. The zero-order valence-corrected chi connectivity index (χ0v) is 25.9. The number of aromatic hydroxyl groups is 1. The summed E-state index contributed by atoms with van der Waals surface area (Å²) in [7, 11) is 1.33. The van der Waals surface area contributed by atoms with Gasteiger partial charge in [0, 0.05) is 17.8 Å². The topological polar surface area (TPSA) is 152 Å². The van der Waals surface area contributed by atoms with Gasteiger partial charge < -0.3 is 14.9 Å². The highest BCUT2D eigenvalue weighted by Crippen LogP contribution is 2.64. The monoisotopic (exact) mass is 602 g/mol. The molecule has 5 rings (SSSR count). The number of hydrogen-bond acceptors (Lipinski definition) is 9. The van der Waals surface area contributed by atoms with Crippen LogP contribution < -0.4 is 0 Å². The van der Waals surface area contributed by atoms with Gasteiger partial charge in [-0.2, -0.15) is 0 Å². The molecule has 2 fully saturated rings. The molecule has 2 saturated carbocycles. The van der Waals surface area contributed by atoms with E-state index in [0.29, 0.717) is 17.5 Å². The largest absolute Gasteiger partial charge is 0.507 e. The first-order chi connectivity index (χ1) is 20.5. The van der Waals surface area contributed by atoms with E-state index in [2.05, 4.69) is 0 Å². The predicted molar refractivity (Wildman–Crippen MR) is 159 cm³/mol. The van der Waals surface area contributed by atoms with Crippen molar-refractivity contribution in [2.75, 3.05) is 7.11 Å². The molecule has 44 heavy (non-hydrogen) atoms. The van der Waals surface area contributed by atoms with Crippen LogP contribution >= 0.6 is 0 Å². The summed E-state index contributed by atoms with van der Waals surface area (Å²) in [5.74, 6) is -9.58. The van der Waals surface area contributed by atoms with Crippen molar-refractivity contribution in [2.24, 2.45) is 34.5 Å². The van der Waals surface area contributed by atoms with Crippen molar-refractivity contribution in [3.8, 4) is 16.9 Å². The number of Topliss-reactive ketones (excluding diaryl/α,β-unsaturated/α-hetero) is 5. The van der Waals surface area contributed by atoms with E-state index < -0.39 is 69.0 Å². The third kappa shape index (κ3) is 4.30. The fourth-order valence-electron chi connectivity index (χ4n) is 8.65. The number of aliphatic hydroxyl groups is 1. The van der Waals surface area contributed by atoms with Crippen LogP contribution in [0, 0.1) is 34.5 Å². The van der Waals surface area contributed by atoms with Crippen LogP contribution in [0.3, 0.4) is 0 Å². The lowest BCUT2D eigenvalue weighted by molar-refractivity contribution is -0.205. The number of phenolic OH excluding ortho intramolecular Hbond substituents is 1. The first-order valence-corrected chi connectivity index (χ1v) is 14.9. The molecule has 3 aliphatic carbocycles. The molecule has 2 aromatic carbocycles. The van der Waals surface area contributed by atoms with Crippen LogP contribution in [-0.2, 0) is 41.6 Å². The molecule has 3 unspecified atom stereocenters. The molecule has 0 aliphatic heterocycles. The minimum Gasteiger partial charge on any atom is -0.507 e. The highest BCUT2D eigenvalue weighted by Gasteiger charge is 2.76. The molecule has 2 N–H and O–H groups in total. The molecule has 0 radical (unpaired) electrons. The Kier molecular flexibility index (Phi) is 7.56. The molecule has 9 nitrogen and oxygen atoms in total. The Balaban J connectivity index is 1.67. The van der Waals surface area contributed by atoms with Crippen molar-refractivity contribution in [3.63, 3.8) is 0 Å². The van der Waals surface area contributed by atoms with Crippen LogP contribution in [0.5, 0.6) is 5.75 Å². The molecule has 3 aliphatic rings. The van der Waals surface area contributed by atoms with E-state index in [0.717, 1.165) is 18.1 Å². The fraction of sp³-hybridized carbons (Fsp3) is 0.486. The van der Waals surface area contributed by atoms with Gasteiger partial charge in [0.15, 0.2) is 28.7 Å². The lowest BCUT2D eigenvalue weighted by Crippen LogP contribution is -2.76. The lowest BCUT2D eigenvalue weighted by atomic mass is 9.40. The Morgan fingerprint density at radius 2 is 1.73 bits per heavy atom. The Morgan fingerprint density at radius 1 is 1.05 bits per heavy atom. The van der Waals surface area contributed by atoms with Gasteiger partial charge >= 0.3 is 5.97 Å². The van der Waals surface area contributed by atoms with Gasteiger partial charge in [0.25, 0.3) is 0 Å². The van der Waals surface area contributed by atoms with E-state index in [-0.39, 0.29) is 36.5 Å². The molecule has 2 aromatic rings. The maximum atomic E-state index is 14.4. The highest BCUT2D eigenvalue weighted by molar-refractivity contribution is 6.32. The molecule has 0 amide bonds. The van der Waals surface area contributed by atoms with Gasteiger partial charge in [-0.25, -0.2) is 0 Å². The molecule has 0 spiro atoms. The number of carbonyl (C=O) groups is 6. The predicted octanol–water partition coefficient (Wildman–Crippen LogP) is 3.87. The summed E-state index contributed by atoms with van der Waals surface area (Å²) in [6, 6.07) is 10.5. The Labute approximate surface area is 256 Å². The summed E-state index contributed by atoms with van der Waals surface area (Å²) >= 11 is 0. The molecule has 9 heteroatoms. The normalized spacial score (nSPS) is 31.3. The molecule has 0 aromatic heterocycles. The van der Waals surface area contributed by atoms with Gasteiger partial charge in [0.2, 0.25) is 0 Å². The Bertz CT molecular complexity index is 1640. The van der Waals surface area contributed by atoms with Crippen molar-refractivity contribution < 1.29 is 43.7 Å². The summed E-state index contributed by atoms with van der Waals surface area (Å²) in [6.07, 6.45) is 0.756. The molecule has 232 valence electrons. The summed E-state index contributed by atoms with van der Waals surface area (Å²) in [6.45, 7) is 7.91. The van der Waals surface area contributed by atoms with Gasteiger partial charge in [-0.05, 0) is 65.8 Å². The number of fused-ring (bicyclic) bond motifs is 3. The van der Waals surface area contributed by atoms with Gasteiger partial charge in [0.05, 0.1) is 18.6 Å². The molecule has 6 atom stereocenters. The summed E-state index contributed by atoms with van der Waals surface area (Å²) in [5, 5.41) is 23.1. The molecule has 0 bridgehead atoms. The van der Waals surface area contributed by atoms with E-state index in [4.69, 9.17) is 4.74 Å². The molecular weight excluding hydrogens is 564 g/mol. The molecular formula is C35H38O9. The zero-order valence-electron chi connectivity index (χ0n) is 25.9. The third-order valence-electron chi connectivity index (χ3n) is 10.3. The standard InChI is InChI=1S/C35H38O9/c1-17(2)27-29(39)25(18(3)36)31(41)35(43)32(42)28-30(40)26-22(15-33(28,4)16-34(27,35)5)21(11-12-23(26)37)20-9-7-8-19(14-20)10-13-24(38)44-6/h7-9,11-12,14,17,25,27-28,37,43H,10,13,15-16H2,1-6H3/t25?,27?,28?,33-,34-,35+/m1/s1. The van der Waals surface area contributed by atoms with Crippen molar-refractivity contribution in [3.05, 3.63) is 53.1 Å². The van der Waals surface area contributed by atoms with Crippen molar-refractivity contribution in [1.29, 1.82) is 0 Å². The van der Waals surface area contributed by atoms with Gasteiger partial charge in [0.1, 0.15) is 17.5 Å². The number of aryl methyl sites for hydroxylation is 1. The van der Waals surface area contributed by atoms with Gasteiger partial charge in [-0.1, -0.05) is 58.0 Å². The maximum absolute atomic E-state index is 14.4.